The first-order chi connectivity index (χ1) is 7.87. The number of fused-ring (bicyclic) bond motifs is 1. The molecule has 0 aliphatic rings. The normalized spacial score (nSPS) is 11.8. The van der Waals surface area contributed by atoms with E-state index >= 15 is 0 Å². The number of hydrogen-bond acceptors (Lipinski definition) is 3. The first-order valence-corrected chi connectivity index (χ1v) is 8.92. The molecule has 0 radical (unpaired) electrons. The minimum Gasteiger partial charge on any atom is -0.368 e. The lowest BCUT2D eigenvalue weighted by molar-refractivity contribution is -0.881. The molecule has 0 N–H and O–H groups in total. The Balaban J connectivity index is 2.61. The third-order valence-corrected chi connectivity index (χ3v) is 2.98. The Kier molecular flexibility index (Phi) is 2.78. The first-order valence-electron chi connectivity index (χ1n) is 5.51. The number of nitrogens with zero attached hydrogens (tertiary/aromatic N) is 1. The summed E-state index contributed by atoms with van der Waals surface area (Å²) in [4.78, 5) is 11.8. The molecule has 0 atom stereocenters. The molecule has 0 unspecified atom stereocenters. The molecule has 0 saturated carbocycles. The molecule has 5 heteroatoms. The number of benzene rings is 1. The topological polar surface area (TPSA) is 43.3 Å². The van der Waals surface area contributed by atoms with Crippen molar-refractivity contribution >= 4 is 19.3 Å². The van der Waals surface area contributed by atoms with E-state index in [1.165, 1.54) is 4.73 Å². The number of rotatable bonds is 2. The summed E-state index contributed by atoms with van der Waals surface area (Å²) in [5.41, 5.74) is 1.56. The van der Waals surface area contributed by atoms with Crippen molar-refractivity contribution in [3.8, 4) is 0 Å². The van der Waals surface area contributed by atoms with Gasteiger partial charge in [0, 0.05) is 0 Å². The molecule has 0 saturated heterocycles. The molecule has 2 rings (SSSR count). The molecule has 2 aromatic rings. The van der Waals surface area contributed by atoms with Crippen LogP contribution in [0, 0.1) is 6.92 Å². The molecule has 0 amide bonds. The van der Waals surface area contributed by atoms with Gasteiger partial charge in [0.15, 0.2) is 5.58 Å². The van der Waals surface area contributed by atoms with Gasteiger partial charge < -0.3 is 8.94 Å². The molecule has 90 valence electrons. The quantitative estimate of drug-likeness (QED) is 0.601. The molecule has 0 bridgehead atoms. The van der Waals surface area contributed by atoms with E-state index in [0.717, 1.165) is 10.9 Å². The van der Waals surface area contributed by atoms with Gasteiger partial charge in [0.25, 0.3) is 0 Å². The molecule has 17 heavy (non-hydrogen) atoms. The molecule has 0 spiro atoms. The average molecular weight is 250 g/mol. The van der Waals surface area contributed by atoms with Crippen LogP contribution in [-0.4, -0.2) is 8.32 Å². The number of para-hydroxylation sites is 1. The van der Waals surface area contributed by atoms with Gasteiger partial charge in [-0.2, -0.15) is 4.79 Å². The van der Waals surface area contributed by atoms with Gasteiger partial charge >= 0.3 is 14.1 Å². The third-order valence-electron chi connectivity index (χ3n) is 2.24. The van der Waals surface area contributed by atoms with Crippen molar-refractivity contribution in [1.82, 2.24) is 0 Å². The minimum absolute atomic E-state index is 0.478. The summed E-state index contributed by atoms with van der Waals surface area (Å²) >= 11 is 0. The van der Waals surface area contributed by atoms with Gasteiger partial charge in [0.1, 0.15) is 0 Å². The maximum Gasteiger partial charge on any atom is 0.650 e. The second kappa shape index (κ2) is 3.99. The summed E-state index contributed by atoms with van der Waals surface area (Å²) < 4.78 is 12.1. The monoisotopic (exact) mass is 250 g/mol. The van der Waals surface area contributed by atoms with Crippen LogP contribution in [0.4, 0.5) is 0 Å². The van der Waals surface area contributed by atoms with E-state index in [-0.39, 0.29) is 0 Å². The predicted octanol–water partition coefficient (Wildman–Crippen LogP) is 1.65. The van der Waals surface area contributed by atoms with E-state index in [0.29, 0.717) is 5.58 Å². The van der Waals surface area contributed by atoms with Crippen molar-refractivity contribution in [2.75, 3.05) is 0 Å². The summed E-state index contributed by atoms with van der Waals surface area (Å²) in [7, 11) is -1.83. The van der Waals surface area contributed by atoms with Crippen LogP contribution in [0.15, 0.2) is 33.6 Å². The fourth-order valence-electron chi connectivity index (χ4n) is 1.59. The zero-order valence-electron chi connectivity index (χ0n) is 10.5. The van der Waals surface area contributed by atoms with Gasteiger partial charge in [-0.3, -0.25) is 0 Å². The SMILES string of the molecule is Cc1cccc2c[n+](O[Si](C)(C)C)c(=O)oc12. The Bertz CT molecular complexity index is 613. The van der Waals surface area contributed by atoms with Gasteiger partial charge in [-0.05, 0) is 38.2 Å². The number of hydrogen-bond donors (Lipinski definition) is 0. The van der Waals surface area contributed by atoms with E-state index in [1.807, 2.05) is 44.8 Å². The van der Waals surface area contributed by atoms with Crippen molar-refractivity contribution in [2.45, 2.75) is 26.6 Å². The lowest BCUT2D eigenvalue weighted by atomic mass is 10.2. The molecule has 1 heterocycles. The maximum atomic E-state index is 11.8. The van der Waals surface area contributed by atoms with E-state index < -0.39 is 14.1 Å². The number of aryl methyl sites for hydroxylation is 1. The van der Waals surface area contributed by atoms with Crippen LogP contribution < -0.4 is 15.0 Å². The van der Waals surface area contributed by atoms with E-state index in [4.69, 9.17) is 8.94 Å². The number of aromatic nitrogens is 1. The van der Waals surface area contributed by atoms with Crippen LogP contribution in [0.3, 0.4) is 0 Å². The molecule has 0 aliphatic carbocycles. The smallest absolute Gasteiger partial charge is 0.368 e. The second-order valence-electron chi connectivity index (χ2n) is 5.02. The zero-order chi connectivity index (χ0) is 12.6. The fourth-order valence-corrected chi connectivity index (χ4v) is 2.30. The van der Waals surface area contributed by atoms with Crippen LogP contribution in [0.25, 0.3) is 11.0 Å². The predicted molar refractivity (Wildman–Crippen MR) is 67.3 cm³/mol. The highest BCUT2D eigenvalue weighted by molar-refractivity contribution is 6.69. The summed E-state index contributed by atoms with van der Waals surface area (Å²) in [5, 5.41) is 0.864. The molecular formula is C12H16NO3Si+. The lowest BCUT2D eigenvalue weighted by Crippen LogP contribution is -2.62. The molecule has 0 fully saturated rings. The van der Waals surface area contributed by atoms with Gasteiger partial charge in [0.05, 0.1) is 10.1 Å². The first kappa shape index (κ1) is 11.9. The van der Waals surface area contributed by atoms with Gasteiger partial charge in [0.2, 0.25) is 6.20 Å². The summed E-state index contributed by atoms with van der Waals surface area (Å²) in [6.07, 6.45) is 1.69. The Morgan fingerprint density at radius 3 is 2.65 bits per heavy atom. The maximum absolute atomic E-state index is 11.8. The standard InChI is InChI=1S/C12H16NO3Si/c1-9-6-5-7-10-8-13(16-17(2,3)4)12(14)15-11(9)10/h5-8H,1-4H3/q+1. The van der Waals surface area contributed by atoms with Crippen LogP contribution in [0.5, 0.6) is 0 Å². The summed E-state index contributed by atoms with van der Waals surface area (Å²) in [6.45, 7) is 7.95. The Morgan fingerprint density at radius 1 is 1.29 bits per heavy atom. The molecule has 0 aliphatic heterocycles. The van der Waals surface area contributed by atoms with Crippen LogP contribution >= 0.6 is 0 Å². The van der Waals surface area contributed by atoms with Gasteiger partial charge in [-0.15, -0.1) is 0 Å². The highest BCUT2D eigenvalue weighted by Gasteiger charge is 2.27. The van der Waals surface area contributed by atoms with Crippen molar-refractivity contribution < 1.29 is 13.7 Å². The molecule has 4 nitrogen and oxygen atoms in total. The van der Waals surface area contributed by atoms with E-state index in [9.17, 15) is 4.79 Å². The van der Waals surface area contributed by atoms with E-state index in [1.54, 1.807) is 6.20 Å². The Hall–Kier alpha value is -1.62. The van der Waals surface area contributed by atoms with Crippen molar-refractivity contribution in [3.63, 3.8) is 0 Å². The molecule has 1 aromatic carbocycles. The fraction of sp³-hybridized carbons (Fsp3) is 0.333. The zero-order valence-corrected chi connectivity index (χ0v) is 11.5. The van der Waals surface area contributed by atoms with Crippen molar-refractivity contribution in [1.29, 1.82) is 0 Å². The minimum atomic E-state index is -1.83. The highest BCUT2D eigenvalue weighted by Crippen LogP contribution is 2.14. The van der Waals surface area contributed by atoms with Crippen molar-refractivity contribution in [3.05, 3.63) is 40.5 Å². The highest BCUT2D eigenvalue weighted by atomic mass is 28.4. The van der Waals surface area contributed by atoms with Crippen LogP contribution in [0.2, 0.25) is 19.6 Å². The second-order valence-corrected chi connectivity index (χ2v) is 9.43. The average Bonchev–Trinajstić information content (AvgIpc) is 2.19. The third kappa shape index (κ3) is 2.55. The van der Waals surface area contributed by atoms with Crippen LogP contribution in [0.1, 0.15) is 5.56 Å². The summed E-state index contributed by atoms with van der Waals surface area (Å²) in [6, 6.07) is 5.74. The van der Waals surface area contributed by atoms with Crippen molar-refractivity contribution in [2.24, 2.45) is 0 Å². The van der Waals surface area contributed by atoms with Gasteiger partial charge in [-0.1, -0.05) is 12.1 Å². The lowest BCUT2D eigenvalue weighted by Gasteiger charge is -2.09. The molecular weight excluding hydrogens is 234 g/mol. The molecule has 1 aromatic heterocycles. The Labute approximate surface area is 101 Å². The van der Waals surface area contributed by atoms with Crippen LogP contribution in [-0.2, 0) is 0 Å². The Morgan fingerprint density at radius 2 is 2.00 bits per heavy atom. The largest absolute Gasteiger partial charge is 0.650 e. The van der Waals surface area contributed by atoms with E-state index in [2.05, 4.69) is 0 Å². The summed E-state index contributed by atoms with van der Waals surface area (Å²) in [5.74, 6) is -0.478. The van der Waals surface area contributed by atoms with Gasteiger partial charge in [-0.25, -0.2) is 0 Å².